The number of carbonyl (C=O) groups is 1. The van der Waals surface area contributed by atoms with E-state index in [1.54, 1.807) is 12.4 Å². The van der Waals surface area contributed by atoms with Gasteiger partial charge in [-0.2, -0.15) is 0 Å². The minimum atomic E-state index is 0.193. The molecule has 2 aromatic rings. The number of anilines is 1. The molecule has 1 saturated heterocycles. The molecular formula is C29H38N4O. The molecule has 180 valence electrons. The Morgan fingerprint density at radius 3 is 2.32 bits per heavy atom. The zero-order valence-electron chi connectivity index (χ0n) is 20.5. The van der Waals surface area contributed by atoms with Crippen LogP contribution in [0.3, 0.4) is 0 Å². The van der Waals surface area contributed by atoms with Crippen LogP contribution in [0.5, 0.6) is 0 Å². The van der Waals surface area contributed by atoms with Crippen LogP contribution < -0.4 is 5.73 Å². The maximum absolute atomic E-state index is 13.0. The summed E-state index contributed by atoms with van der Waals surface area (Å²) in [7, 11) is 2.31. The fraction of sp³-hybridized carbons (Fsp3) is 0.586. The molecule has 7 rings (SSSR count). The van der Waals surface area contributed by atoms with E-state index in [-0.39, 0.29) is 5.91 Å². The summed E-state index contributed by atoms with van der Waals surface area (Å²) in [6.45, 7) is 4.15. The molecule has 2 heterocycles. The Labute approximate surface area is 203 Å². The van der Waals surface area contributed by atoms with Gasteiger partial charge in [-0.05, 0) is 110 Å². The Kier molecular flexibility index (Phi) is 5.63. The number of aromatic nitrogens is 1. The van der Waals surface area contributed by atoms with Crippen LogP contribution in [0.2, 0.25) is 0 Å². The van der Waals surface area contributed by atoms with Crippen molar-refractivity contribution in [2.45, 2.75) is 44.9 Å². The Morgan fingerprint density at radius 1 is 1.03 bits per heavy atom. The van der Waals surface area contributed by atoms with E-state index in [4.69, 9.17) is 5.73 Å². The van der Waals surface area contributed by atoms with Crippen molar-refractivity contribution in [3.8, 4) is 11.1 Å². The molecule has 0 atom stereocenters. The number of amides is 1. The van der Waals surface area contributed by atoms with E-state index in [1.807, 2.05) is 29.2 Å². The van der Waals surface area contributed by atoms with Gasteiger partial charge in [0.2, 0.25) is 5.91 Å². The summed E-state index contributed by atoms with van der Waals surface area (Å²) < 4.78 is 0. The number of hydrogen-bond acceptors (Lipinski definition) is 4. The van der Waals surface area contributed by atoms with Gasteiger partial charge >= 0.3 is 0 Å². The van der Waals surface area contributed by atoms with Crippen molar-refractivity contribution in [2.24, 2.45) is 29.1 Å². The molecule has 0 radical (unpaired) electrons. The largest absolute Gasteiger partial charge is 0.398 e. The number of pyridine rings is 1. The summed E-state index contributed by atoms with van der Waals surface area (Å²) in [5.74, 6) is 3.84. The van der Waals surface area contributed by atoms with E-state index in [0.717, 1.165) is 54.1 Å². The third-order valence-electron chi connectivity index (χ3n) is 9.15. The zero-order chi connectivity index (χ0) is 23.3. The van der Waals surface area contributed by atoms with E-state index < -0.39 is 0 Å². The normalized spacial score (nSPS) is 30.1. The fourth-order valence-electron chi connectivity index (χ4n) is 8.21. The number of likely N-dealkylation sites (tertiary alicyclic amines) is 1. The van der Waals surface area contributed by atoms with E-state index >= 15 is 0 Å². The fourth-order valence-corrected chi connectivity index (χ4v) is 8.21. The average Bonchev–Trinajstić information content (AvgIpc) is 2.76. The highest BCUT2D eigenvalue weighted by molar-refractivity contribution is 5.82. The van der Waals surface area contributed by atoms with Gasteiger partial charge in [0, 0.05) is 50.2 Å². The topological polar surface area (TPSA) is 62.5 Å². The van der Waals surface area contributed by atoms with Crippen LogP contribution in [0.4, 0.5) is 5.69 Å². The molecule has 5 aliphatic rings. The molecule has 1 aromatic carbocycles. The molecule has 2 N–H and O–H groups in total. The van der Waals surface area contributed by atoms with Gasteiger partial charge in [0.25, 0.3) is 0 Å². The average molecular weight is 459 g/mol. The summed E-state index contributed by atoms with van der Waals surface area (Å²) in [6.07, 6.45) is 12.9. The predicted octanol–water partition coefficient (Wildman–Crippen LogP) is 4.48. The van der Waals surface area contributed by atoms with Crippen LogP contribution in [0.15, 0.2) is 42.7 Å². The number of nitrogens with zero attached hydrogens (tertiary/aromatic N) is 3. The van der Waals surface area contributed by atoms with Gasteiger partial charge in [-0.25, -0.2) is 0 Å². The lowest BCUT2D eigenvalue weighted by atomic mass is 9.49. The number of nitrogen functional groups attached to an aromatic ring is 1. The molecule has 4 bridgehead atoms. The van der Waals surface area contributed by atoms with Gasteiger partial charge in [0.15, 0.2) is 0 Å². The van der Waals surface area contributed by atoms with E-state index in [0.29, 0.717) is 23.4 Å². The Hall–Kier alpha value is -2.40. The molecule has 5 nitrogen and oxygen atoms in total. The minimum absolute atomic E-state index is 0.193. The maximum atomic E-state index is 13.0. The highest BCUT2D eigenvalue weighted by Crippen LogP contribution is 2.60. The van der Waals surface area contributed by atoms with Crippen LogP contribution in [-0.2, 0) is 11.2 Å². The van der Waals surface area contributed by atoms with Gasteiger partial charge in [-0.3, -0.25) is 9.78 Å². The molecule has 34 heavy (non-hydrogen) atoms. The zero-order valence-corrected chi connectivity index (χ0v) is 20.5. The monoisotopic (exact) mass is 458 g/mol. The van der Waals surface area contributed by atoms with Crippen LogP contribution in [-0.4, -0.2) is 53.9 Å². The second-order valence-corrected chi connectivity index (χ2v) is 12.1. The van der Waals surface area contributed by atoms with Crippen molar-refractivity contribution in [1.82, 2.24) is 14.8 Å². The molecular weight excluding hydrogens is 420 g/mol. The van der Waals surface area contributed by atoms with Crippen LogP contribution in [0.25, 0.3) is 11.1 Å². The van der Waals surface area contributed by atoms with Crippen molar-refractivity contribution < 1.29 is 4.79 Å². The summed E-state index contributed by atoms with van der Waals surface area (Å²) >= 11 is 0. The first kappa shape index (κ1) is 22.1. The number of carbonyl (C=O) groups excluding carboxylic acids is 1. The highest BCUT2D eigenvalue weighted by atomic mass is 16.2. The molecule has 1 aliphatic heterocycles. The summed E-state index contributed by atoms with van der Waals surface area (Å²) in [4.78, 5) is 21.7. The van der Waals surface area contributed by atoms with Crippen molar-refractivity contribution >= 4 is 11.6 Å². The van der Waals surface area contributed by atoms with E-state index in [9.17, 15) is 4.79 Å². The molecule has 4 aliphatic carbocycles. The number of rotatable bonds is 7. The third kappa shape index (κ3) is 4.35. The molecule has 0 spiro atoms. The molecule has 5 fully saturated rings. The first-order chi connectivity index (χ1) is 16.4. The second kappa shape index (κ2) is 8.67. The smallest absolute Gasteiger partial charge is 0.227 e. The first-order valence-electron chi connectivity index (χ1n) is 13.2. The SMILES string of the molecule is CN(CC1CN(C(=O)Cc2cc(-c3ccncc3)ccc2N)C1)CC12CC3CC(CC(C3)C1)C2. The Bertz CT molecular complexity index is 1010. The molecule has 1 aromatic heterocycles. The Balaban J connectivity index is 1.01. The highest BCUT2D eigenvalue weighted by Gasteiger charge is 2.51. The quantitative estimate of drug-likeness (QED) is 0.622. The lowest BCUT2D eigenvalue weighted by Crippen LogP contribution is -2.56. The van der Waals surface area contributed by atoms with Crippen LogP contribution >= 0.6 is 0 Å². The van der Waals surface area contributed by atoms with Gasteiger partial charge in [-0.15, -0.1) is 0 Å². The first-order valence-corrected chi connectivity index (χ1v) is 13.2. The molecule has 1 amide bonds. The summed E-state index contributed by atoms with van der Waals surface area (Å²) in [5, 5.41) is 0. The van der Waals surface area contributed by atoms with Gasteiger partial charge in [0.05, 0.1) is 6.42 Å². The summed E-state index contributed by atoms with van der Waals surface area (Å²) in [6, 6.07) is 9.95. The van der Waals surface area contributed by atoms with Gasteiger partial charge < -0.3 is 15.5 Å². The lowest BCUT2D eigenvalue weighted by Gasteiger charge is -2.58. The van der Waals surface area contributed by atoms with E-state index in [1.165, 1.54) is 45.1 Å². The second-order valence-electron chi connectivity index (χ2n) is 12.1. The lowest BCUT2D eigenvalue weighted by molar-refractivity contribution is -0.137. The number of nitrogens with two attached hydrogens (primary N) is 1. The van der Waals surface area contributed by atoms with Crippen molar-refractivity contribution in [3.63, 3.8) is 0 Å². The van der Waals surface area contributed by atoms with Crippen molar-refractivity contribution in [2.75, 3.05) is 39.0 Å². The minimum Gasteiger partial charge on any atom is -0.398 e. The Morgan fingerprint density at radius 2 is 1.68 bits per heavy atom. The third-order valence-corrected chi connectivity index (χ3v) is 9.15. The van der Waals surface area contributed by atoms with Crippen molar-refractivity contribution in [1.29, 1.82) is 0 Å². The molecule has 0 unspecified atom stereocenters. The molecule has 5 heteroatoms. The number of hydrogen-bond donors (Lipinski definition) is 1. The van der Waals surface area contributed by atoms with Gasteiger partial charge in [-0.1, -0.05) is 6.07 Å². The molecule has 4 saturated carbocycles. The van der Waals surface area contributed by atoms with Crippen LogP contribution in [0, 0.1) is 29.1 Å². The predicted molar refractivity (Wildman–Crippen MR) is 136 cm³/mol. The van der Waals surface area contributed by atoms with Crippen molar-refractivity contribution in [3.05, 3.63) is 48.3 Å². The van der Waals surface area contributed by atoms with Crippen LogP contribution in [0.1, 0.15) is 44.1 Å². The van der Waals surface area contributed by atoms with Gasteiger partial charge in [0.1, 0.15) is 0 Å². The summed E-state index contributed by atoms with van der Waals surface area (Å²) in [5.41, 5.74) is 10.6. The number of benzene rings is 1. The maximum Gasteiger partial charge on any atom is 0.227 e. The van der Waals surface area contributed by atoms with E-state index in [2.05, 4.69) is 23.0 Å². The standard InChI is InChI=1S/C29H38N4O/c1-32(19-29-13-20-8-21(14-29)10-22(9-20)15-29)16-23-17-33(18-23)28(34)12-26-11-25(2-3-27(26)30)24-4-6-31-7-5-24/h2-7,11,20-23H,8-10,12-19,30H2,1H3.